The molecule has 0 atom stereocenters. The van der Waals surface area contributed by atoms with E-state index in [1.165, 1.54) is 43.1 Å². The molecule has 2 aliphatic rings. The van der Waals surface area contributed by atoms with Gasteiger partial charge in [0.15, 0.2) is 5.69 Å². The summed E-state index contributed by atoms with van der Waals surface area (Å²) >= 11 is 0. The molecule has 4 aromatic carbocycles. The molecule has 10 rings (SSSR count). The Bertz CT molecular complexity index is 2520. The van der Waals surface area contributed by atoms with E-state index >= 15 is 0 Å². The second kappa shape index (κ2) is 15.6. The summed E-state index contributed by atoms with van der Waals surface area (Å²) in [7, 11) is 0. The fourth-order valence-electron chi connectivity index (χ4n) is 7.42. The molecule has 0 N–H and O–H groups in total. The van der Waals surface area contributed by atoms with Gasteiger partial charge >= 0.3 is 0 Å². The van der Waals surface area contributed by atoms with Gasteiger partial charge in [0, 0.05) is 41.5 Å². The van der Waals surface area contributed by atoms with Crippen LogP contribution in [-0.4, -0.2) is 71.4 Å². The SMILES string of the molecule is O=C(c1coc(-c2ccc(Cn3ncc4ccccc43)cc2)n1)N1CCCC1.c1ccc2c(c1)cnn2Cc1ccc(-c2nc(CN3CCCC3)co2)cc1. The van der Waals surface area contributed by atoms with Crippen molar-refractivity contribution in [3.63, 3.8) is 0 Å². The minimum absolute atomic E-state index is 0.0466. The van der Waals surface area contributed by atoms with Crippen LogP contribution < -0.4 is 0 Å². The van der Waals surface area contributed by atoms with Gasteiger partial charge in [-0.2, -0.15) is 10.2 Å². The largest absolute Gasteiger partial charge is 0.444 e. The average Bonchev–Trinajstić information content (AvgIpc) is 4.09. The van der Waals surface area contributed by atoms with Crippen LogP contribution in [0.2, 0.25) is 0 Å². The third kappa shape index (κ3) is 7.70. The molecule has 4 aromatic heterocycles. The molecule has 0 aliphatic carbocycles. The van der Waals surface area contributed by atoms with Crippen LogP contribution in [-0.2, 0) is 19.6 Å². The molecular formula is C44H42N8O3. The van der Waals surface area contributed by atoms with Gasteiger partial charge in [-0.25, -0.2) is 9.97 Å². The highest BCUT2D eigenvalue weighted by Crippen LogP contribution is 2.24. The summed E-state index contributed by atoms with van der Waals surface area (Å²) in [5.74, 6) is 1.12. The van der Waals surface area contributed by atoms with Crippen molar-refractivity contribution in [2.75, 3.05) is 26.2 Å². The van der Waals surface area contributed by atoms with Crippen molar-refractivity contribution >= 4 is 27.7 Å². The summed E-state index contributed by atoms with van der Waals surface area (Å²) in [6.45, 7) is 6.26. The number of para-hydroxylation sites is 2. The summed E-state index contributed by atoms with van der Waals surface area (Å²) in [4.78, 5) is 25.7. The van der Waals surface area contributed by atoms with Crippen LogP contribution in [0.5, 0.6) is 0 Å². The molecule has 55 heavy (non-hydrogen) atoms. The van der Waals surface area contributed by atoms with E-state index in [0.717, 1.165) is 77.8 Å². The van der Waals surface area contributed by atoms with Gasteiger partial charge in [0.1, 0.15) is 12.5 Å². The minimum Gasteiger partial charge on any atom is -0.444 e. The number of benzene rings is 4. The zero-order valence-corrected chi connectivity index (χ0v) is 30.6. The molecule has 2 aliphatic heterocycles. The maximum Gasteiger partial charge on any atom is 0.275 e. The molecule has 6 heterocycles. The van der Waals surface area contributed by atoms with E-state index in [9.17, 15) is 4.79 Å². The van der Waals surface area contributed by atoms with E-state index < -0.39 is 0 Å². The number of hydrogen-bond acceptors (Lipinski definition) is 8. The number of carbonyl (C=O) groups excluding carboxylic acids is 1. The normalized spacial score (nSPS) is 14.5. The standard InChI is InChI=1S/C22H20N4O2.C22H22N4O/c27-22(25-11-3-4-12-25)19-15-28-21(24-19)17-9-7-16(8-10-17)14-26-20-6-2-1-5-18(20)13-23-26;1-2-6-21-19(5-1)13-23-26(21)14-17-7-9-18(10-8-17)22-24-20(16-27-22)15-25-11-3-4-12-25/h1-2,5-10,13,15H,3-4,11-12,14H2;1-2,5-10,13,16H,3-4,11-12,14-15H2. The lowest BCUT2D eigenvalue weighted by molar-refractivity contribution is 0.0787. The Balaban J connectivity index is 0.000000144. The van der Waals surface area contributed by atoms with Crippen LogP contribution in [0.15, 0.2) is 131 Å². The van der Waals surface area contributed by atoms with Crippen molar-refractivity contribution in [2.45, 2.75) is 45.3 Å². The van der Waals surface area contributed by atoms with E-state index in [4.69, 9.17) is 8.83 Å². The highest BCUT2D eigenvalue weighted by molar-refractivity contribution is 5.92. The Kier molecular flexibility index (Phi) is 9.75. The number of aromatic nitrogens is 6. The highest BCUT2D eigenvalue weighted by atomic mass is 16.3. The van der Waals surface area contributed by atoms with Crippen molar-refractivity contribution in [2.24, 2.45) is 0 Å². The molecule has 2 fully saturated rings. The van der Waals surface area contributed by atoms with Crippen molar-refractivity contribution in [3.05, 3.63) is 144 Å². The lowest BCUT2D eigenvalue weighted by Crippen LogP contribution is -2.27. The number of amides is 1. The van der Waals surface area contributed by atoms with Crippen molar-refractivity contribution in [3.8, 4) is 22.9 Å². The van der Waals surface area contributed by atoms with Gasteiger partial charge in [0.2, 0.25) is 11.8 Å². The first-order chi connectivity index (χ1) is 27.1. The van der Waals surface area contributed by atoms with Gasteiger partial charge in [0.05, 0.1) is 42.2 Å². The first-order valence-electron chi connectivity index (χ1n) is 19.0. The van der Waals surface area contributed by atoms with Crippen molar-refractivity contribution in [1.29, 1.82) is 0 Å². The number of nitrogens with zero attached hydrogens (tertiary/aromatic N) is 8. The highest BCUT2D eigenvalue weighted by Gasteiger charge is 2.23. The molecule has 2 saturated heterocycles. The van der Waals surface area contributed by atoms with Gasteiger partial charge in [-0.05, 0) is 86.3 Å². The van der Waals surface area contributed by atoms with E-state index in [0.29, 0.717) is 24.0 Å². The van der Waals surface area contributed by atoms with Gasteiger partial charge in [-0.1, -0.05) is 60.7 Å². The maximum absolute atomic E-state index is 12.4. The zero-order chi connectivity index (χ0) is 37.0. The number of oxazole rings is 2. The Morgan fingerprint density at radius 1 is 0.564 bits per heavy atom. The summed E-state index contributed by atoms with van der Waals surface area (Å²) in [5, 5.41) is 11.3. The lowest BCUT2D eigenvalue weighted by Gasteiger charge is -2.12. The Morgan fingerprint density at radius 3 is 1.65 bits per heavy atom. The lowest BCUT2D eigenvalue weighted by atomic mass is 10.1. The number of likely N-dealkylation sites (tertiary alicyclic amines) is 2. The molecular weight excluding hydrogens is 689 g/mol. The topological polar surface area (TPSA) is 111 Å². The monoisotopic (exact) mass is 730 g/mol. The summed E-state index contributed by atoms with van der Waals surface area (Å²) in [6, 6.07) is 32.9. The predicted molar refractivity (Wildman–Crippen MR) is 211 cm³/mol. The summed E-state index contributed by atoms with van der Waals surface area (Å²) in [5.41, 5.74) is 7.87. The van der Waals surface area contributed by atoms with Crippen molar-refractivity contribution in [1.82, 2.24) is 39.3 Å². The smallest absolute Gasteiger partial charge is 0.275 e. The molecule has 276 valence electrons. The molecule has 1 amide bonds. The Labute approximate surface area is 318 Å². The van der Waals surface area contributed by atoms with Crippen LogP contribution >= 0.6 is 0 Å². The molecule has 0 bridgehead atoms. The minimum atomic E-state index is -0.0466. The number of carbonyl (C=O) groups is 1. The molecule has 11 heteroatoms. The predicted octanol–water partition coefficient (Wildman–Crippen LogP) is 8.31. The second-order valence-corrected chi connectivity index (χ2v) is 14.3. The Morgan fingerprint density at radius 2 is 1.07 bits per heavy atom. The average molecular weight is 731 g/mol. The number of fused-ring (bicyclic) bond motifs is 2. The first kappa shape index (κ1) is 34.4. The molecule has 0 spiro atoms. The van der Waals surface area contributed by atoms with Gasteiger partial charge < -0.3 is 13.7 Å². The summed E-state index contributed by atoms with van der Waals surface area (Å²) < 4.78 is 15.3. The van der Waals surface area contributed by atoms with E-state index in [1.807, 2.05) is 75.2 Å². The van der Waals surface area contributed by atoms with Crippen LogP contribution in [0, 0.1) is 0 Å². The fourth-order valence-corrected chi connectivity index (χ4v) is 7.42. The third-order valence-electron chi connectivity index (χ3n) is 10.4. The molecule has 8 aromatic rings. The molecule has 0 unspecified atom stereocenters. The van der Waals surface area contributed by atoms with Crippen LogP contribution in [0.3, 0.4) is 0 Å². The summed E-state index contributed by atoms with van der Waals surface area (Å²) in [6.07, 6.45) is 11.7. The first-order valence-corrected chi connectivity index (χ1v) is 19.0. The number of rotatable bonds is 9. The molecule has 11 nitrogen and oxygen atoms in total. The van der Waals surface area contributed by atoms with Gasteiger partial charge in [-0.15, -0.1) is 0 Å². The van der Waals surface area contributed by atoms with E-state index in [-0.39, 0.29) is 5.91 Å². The maximum atomic E-state index is 12.4. The third-order valence-corrected chi connectivity index (χ3v) is 10.4. The van der Waals surface area contributed by atoms with Crippen molar-refractivity contribution < 1.29 is 13.6 Å². The van der Waals surface area contributed by atoms with E-state index in [2.05, 4.69) is 73.6 Å². The van der Waals surface area contributed by atoms with Crippen LogP contribution in [0.1, 0.15) is 53.0 Å². The molecule has 0 saturated carbocycles. The zero-order valence-electron chi connectivity index (χ0n) is 30.6. The van der Waals surface area contributed by atoms with Gasteiger partial charge in [0.25, 0.3) is 5.91 Å². The van der Waals surface area contributed by atoms with Crippen LogP contribution in [0.4, 0.5) is 0 Å². The van der Waals surface area contributed by atoms with Crippen LogP contribution in [0.25, 0.3) is 44.7 Å². The van der Waals surface area contributed by atoms with E-state index in [1.54, 1.807) is 6.26 Å². The second-order valence-electron chi connectivity index (χ2n) is 14.3. The number of hydrogen-bond donors (Lipinski definition) is 0. The van der Waals surface area contributed by atoms with Gasteiger partial charge in [-0.3, -0.25) is 19.1 Å². The fraction of sp³-hybridized carbons (Fsp3) is 0.250. The molecule has 0 radical (unpaired) electrons. The quantitative estimate of drug-likeness (QED) is 0.146. The Hall–Kier alpha value is -6.33.